The van der Waals surface area contributed by atoms with Crippen LogP contribution in [0.5, 0.6) is 0 Å². The topological polar surface area (TPSA) is 68.0 Å². The molecule has 1 atom stereocenters. The van der Waals surface area contributed by atoms with E-state index in [2.05, 4.69) is 38.3 Å². The number of hydrogen-bond donors (Lipinski definition) is 1. The predicted octanol–water partition coefficient (Wildman–Crippen LogP) is 3.74. The van der Waals surface area contributed by atoms with Crippen LogP contribution in [0.15, 0.2) is 33.3 Å². The Bertz CT molecular complexity index is 610. The molecule has 1 aromatic heterocycles. The van der Waals surface area contributed by atoms with Crippen LogP contribution in [0.3, 0.4) is 0 Å². The first-order valence-corrected chi connectivity index (χ1v) is 8.25. The van der Waals surface area contributed by atoms with Crippen LogP contribution in [0.2, 0.25) is 0 Å². The van der Waals surface area contributed by atoms with Gasteiger partial charge in [-0.1, -0.05) is 34.4 Å². The molecular formula is C16H20BrN3O2. The summed E-state index contributed by atoms with van der Waals surface area (Å²) in [6.07, 6.45) is 2.85. The van der Waals surface area contributed by atoms with Crippen molar-refractivity contribution >= 4 is 21.8 Å². The Morgan fingerprint density at radius 2 is 2.09 bits per heavy atom. The van der Waals surface area contributed by atoms with Crippen LogP contribution >= 0.6 is 15.9 Å². The summed E-state index contributed by atoms with van der Waals surface area (Å²) >= 11 is 3.39. The molecule has 0 aliphatic rings. The minimum Gasteiger partial charge on any atom is -0.354 e. The lowest BCUT2D eigenvalue weighted by Crippen LogP contribution is -2.32. The van der Waals surface area contributed by atoms with Crippen molar-refractivity contribution in [3.05, 3.63) is 34.6 Å². The second kappa shape index (κ2) is 8.08. The van der Waals surface area contributed by atoms with Gasteiger partial charge in [-0.05, 0) is 37.6 Å². The number of rotatable bonds is 7. The Morgan fingerprint density at radius 1 is 1.36 bits per heavy atom. The molecule has 5 nitrogen and oxygen atoms in total. The molecule has 22 heavy (non-hydrogen) atoms. The third kappa shape index (κ3) is 4.94. The van der Waals surface area contributed by atoms with Crippen molar-refractivity contribution in [2.75, 3.05) is 0 Å². The van der Waals surface area contributed by atoms with Crippen molar-refractivity contribution in [2.45, 2.75) is 45.6 Å². The average molecular weight is 366 g/mol. The maximum absolute atomic E-state index is 11.8. The van der Waals surface area contributed by atoms with E-state index in [1.54, 1.807) is 0 Å². The van der Waals surface area contributed by atoms with Crippen molar-refractivity contribution in [2.24, 2.45) is 0 Å². The SMILES string of the molecule is CCC[C@H](C)NC(=O)CCc1nc(-c2ccc(Br)cc2)no1. The van der Waals surface area contributed by atoms with Gasteiger partial charge in [0.2, 0.25) is 17.6 Å². The maximum atomic E-state index is 11.8. The number of amides is 1. The number of hydrogen-bond acceptors (Lipinski definition) is 4. The van der Waals surface area contributed by atoms with Crippen molar-refractivity contribution in [1.82, 2.24) is 15.5 Å². The minimum atomic E-state index is 0.0179. The highest BCUT2D eigenvalue weighted by atomic mass is 79.9. The number of carbonyl (C=O) groups is 1. The van der Waals surface area contributed by atoms with Crippen LogP contribution in [0, 0.1) is 0 Å². The van der Waals surface area contributed by atoms with Gasteiger partial charge in [-0.2, -0.15) is 4.98 Å². The Labute approximate surface area is 138 Å². The second-order valence-corrected chi connectivity index (χ2v) is 6.19. The van der Waals surface area contributed by atoms with Gasteiger partial charge in [0.15, 0.2) is 0 Å². The molecule has 1 N–H and O–H groups in total. The van der Waals surface area contributed by atoms with E-state index in [0.717, 1.165) is 22.9 Å². The highest BCUT2D eigenvalue weighted by molar-refractivity contribution is 9.10. The Kier molecular flexibility index (Phi) is 6.12. The first kappa shape index (κ1) is 16.7. The van der Waals surface area contributed by atoms with Crippen LogP contribution in [-0.4, -0.2) is 22.1 Å². The van der Waals surface area contributed by atoms with Gasteiger partial charge in [-0.3, -0.25) is 4.79 Å². The smallest absolute Gasteiger partial charge is 0.227 e. The van der Waals surface area contributed by atoms with Crippen molar-refractivity contribution in [1.29, 1.82) is 0 Å². The quantitative estimate of drug-likeness (QED) is 0.811. The van der Waals surface area contributed by atoms with E-state index in [1.165, 1.54) is 0 Å². The fraction of sp³-hybridized carbons (Fsp3) is 0.438. The standard InChI is InChI=1S/C16H20BrN3O2/c1-3-4-11(2)18-14(21)9-10-15-19-16(20-22-15)12-5-7-13(17)8-6-12/h5-8,11H,3-4,9-10H2,1-2H3,(H,18,21)/t11-/m0/s1. The number of carbonyl (C=O) groups excluding carboxylic acids is 1. The lowest BCUT2D eigenvalue weighted by molar-refractivity contribution is -0.121. The summed E-state index contributed by atoms with van der Waals surface area (Å²) < 4.78 is 6.20. The molecule has 0 saturated carbocycles. The summed E-state index contributed by atoms with van der Waals surface area (Å²) in [5, 5.41) is 6.91. The molecule has 0 radical (unpaired) electrons. The van der Waals surface area contributed by atoms with E-state index in [1.807, 2.05) is 31.2 Å². The number of aryl methyl sites for hydroxylation is 1. The van der Waals surface area contributed by atoms with Gasteiger partial charge in [0.1, 0.15) is 0 Å². The number of aromatic nitrogens is 2. The largest absolute Gasteiger partial charge is 0.354 e. The normalized spacial score (nSPS) is 12.1. The van der Waals surface area contributed by atoms with Crippen LogP contribution < -0.4 is 5.32 Å². The molecule has 0 aliphatic carbocycles. The maximum Gasteiger partial charge on any atom is 0.227 e. The Hall–Kier alpha value is -1.69. The summed E-state index contributed by atoms with van der Waals surface area (Å²) in [5.41, 5.74) is 0.888. The molecule has 1 aromatic carbocycles. The molecule has 2 rings (SSSR count). The summed E-state index contributed by atoms with van der Waals surface area (Å²) in [6, 6.07) is 7.89. The van der Waals surface area contributed by atoms with Crippen LogP contribution in [0.1, 0.15) is 39.0 Å². The minimum absolute atomic E-state index is 0.0179. The summed E-state index contributed by atoms with van der Waals surface area (Å²) in [6.45, 7) is 4.12. The Morgan fingerprint density at radius 3 is 2.77 bits per heavy atom. The zero-order valence-corrected chi connectivity index (χ0v) is 14.4. The fourth-order valence-electron chi connectivity index (χ4n) is 2.15. The molecule has 118 valence electrons. The van der Waals surface area contributed by atoms with Gasteiger partial charge >= 0.3 is 0 Å². The van der Waals surface area contributed by atoms with E-state index >= 15 is 0 Å². The molecule has 2 aromatic rings. The number of benzene rings is 1. The van der Waals surface area contributed by atoms with E-state index in [-0.39, 0.29) is 11.9 Å². The molecule has 1 amide bonds. The zero-order valence-electron chi connectivity index (χ0n) is 12.8. The molecule has 0 saturated heterocycles. The molecule has 0 spiro atoms. The van der Waals surface area contributed by atoms with Gasteiger partial charge in [0.25, 0.3) is 0 Å². The van der Waals surface area contributed by atoms with Gasteiger partial charge < -0.3 is 9.84 Å². The van der Waals surface area contributed by atoms with Gasteiger partial charge in [0, 0.05) is 28.9 Å². The van der Waals surface area contributed by atoms with Crippen LogP contribution in [0.25, 0.3) is 11.4 Å². The third-order valence-corrected chi connectivity index (χ3v) is 3.79. The summed E-state index contributed by atoms with van der Waals surface area (Å²) in [7, 11) is 0. The zero-order chi connectivity index (χ0) is 15.9. The van der Waals surface area contributed by atoms with Gasteiger partial charge in [-0.25, -0.2) is 0 Å². The molecule has 1 heterocycles. The lowest BCUT2D eigenvalue weighted by Gasteiger charge is -2.11. The molecule has 0 unspecified atom stereocenters. The summed E-state index contributed by atoms with van der Waals surface area (Å²) in [5.74, 6) is 1.04. The molecule has 6 heteroatoms. The van der Waals surface area contributed by atoms with Gasteiger partial charge in [-0.15, -0.1) is 0 Å². The van der Waals surface area contributed by atoms with Crippen molar-refractivity contribution in [3.8, 4) is 11.4 Å². The second-order valence-electron chi connectivity index (χ2n) is 5.28. The van der Waals surface area contributed by atoms with Crippen LogP contribution in [0.4, 0.5) is 0 Å². The Balaban J connectivity index is 1.87. The highest BCUT2D eigenvalue weighted by Crippen LogP contribution is 2.19. The lowest BCUT2D eigenvalue weighted by atomic mass is 10.2. The van der Waals surface area contributed by atoms with E-state index in [4.69, 9.17) is 4.52 Å². The number of halogens is 1. The molecule has 0 aliphatic heterocycles. The van der Waals surface area contributed by atoms with Crippen molar-refractivity contribution in [3.63, 3.8) is 0 Å². The number of nitrogens with one attached hydrogen (secondary N) is 1. The number of nitrogens with zero attached hydrogens (tertiary/aromatic N) is 2. The van der Waals surface area contributed by atoms with E-state index in [9.17, 15) is 4.79 Å². The third-order valence-electron chi connectivity index (χ3n) is 3.27. The molecule has 0 bridgehead atoms. The average Bonchev–Trinajstić information content (AvgIpc) is 2.95. The van der Waals surface area contributed by atoms with Crippen LogP contribution in [-0.2, 0) is 11.2 Å². The van der Waals surface area contributed by atoms with E-state index in [0.29, 0.717) is 24.6 Å². The first-order chi connectivity index (χ1) is 10.6. The van der Waals surface area contributed by atoms with Gasteiger partial charge in [0.05, 0.1) is 0 Å². The highest BCUT2D eigenvalue weighted by Gasteiger charge is 2.12. The fourth-order valence-corrected chi connectivity index (χ4v) is 2.41. The summed E-state index contributed by atoms with van der Waals surface area (Å²) in [4.78, 5) is 16.1. The first-order valence-electron chi connectivity index (χ1n) is 7.46. The monoisotopic (exact) mass is 365 g/mol. The van der Waals surface area contributed by atoms with Crippen molar-refractivity contribution < 1.29 is 9.32 Å². The predicted molar refractivity (Wildman–Crippen MR) is 88.3 cm³/mol. The van der Waals surface area contributed by atoms with E-state index < -0.39 is 0 Å². The molecular weight excluding hydrogens is 346 g/mol. The molecule has 0 fully saturated rings.